The summed E-state index contributed by atoms with van der Waals surface area (Å²) in [7, 11) is 0. The van der Waals surface area contributed by atoms with Crippen LogP contribution in [0.25, 0.3) is 0 Å². The Labute approximate surface area is 59.4 Å². The summed E-state index contributed by atoms with van der Waals surface area (Å²) >= 11 is 1.79. The van der Waals surface area contributed by atoms with Gasteiger partial charge in [-0.25, -0.2) is 0 Å². The van der Waals surface area contributed by atoms with Crippen molar-refractivity contribution < 1.29 is 0 Å². The topological polar surface area (TPSA) is 49.8 Å². The van der Waals surface area contributed by atoms with Gasteiger partial charge >= 0.3 is 0 Å². The Hall–Kier alpha value is -0.200. The van der Waals surface area contributed by atoms with Crippen LogP contribution in [0.1, 0.15) is 12.8 Å². The van der Waals surface area contributed by atoms with Crippen LogP contribution in [0.4, 0.5) is 0 Å². The van der Waals surface area contributed by atoms with Gasteiger partial charge in [0.25, 0.3) is 0 Å². The molecule has 3 heteroatoms. The van der Waals surface area contributed by atoms with E-state index in [2.05, 4.69) is 6.07 Å². The number of hydrogen-bond donors (Lipinski definition) is 1. The van der Waals surface area contributed by atoms with Crippen LogP contribution in [0.2, 0.25) is 0 Å². The number of rotatable bonds is 3. The van der Waals surface area contributed by atoms with Crippen LogP contribution in [-0.4, -0.2) is 11.0 Å². The normalized spacial score (nSPS) is 25.6. The number of thioether (sulfide) groups is 1. The molecule has 0 bridgehead atoms. The molecule has 1 radical (unpaired) electrons. The van der Waals surface area contributed by atoms with Crippen molar-refractivity contribution in [3.8, 4) is 6.07 Å². The standard InChI is InChI=1S/C6H9N2S/c7-2-1-3-9-6-4-5(6)8/h6H,1,3-4,8H2. The van der Waals surface area contributed by atoms with E-state index in [0.717, 1.165) is 18.2 Å². The van der Waals surface area contributed by atoms with Crippen LogP contribution < -0.4 is 5.73 Å². The molecule has 0 aromatic carbocycles. The Morgan fingerprint density at radius 3 is 3.00 bits per heavy atom. The molecule has 0 aromatic heterocycles. The second-order valence-electron chi connectivity index (χ2n) is 2.05. The van der Waals surface area contributed by atoms with Gasteiger partial charge in [-0.3, -0.25) is 0 Å². The van der Waals surface area contributed by atoms with Crippen molar-refractivity contribution in [2.24, 2.45) is 5.73 Å². The molecule has 0 amide bonds. The third-order valence-corrected chi connectivity index (χ3v) is 2.52. The first-order valence-electron chi connectivity index (χ1n) is 2.94. The van der Waals surface area contributed by atoms with E-state index in [9.17, 15) is 0 Å². The summed E-state index contributed by atoms with van der Waals surface area (Å²) in [5.74, 6) is 0.932. The van der Waals surface area contributed by atoms with Crippen molar-refractivity contribution in [3.63, 3.8) is 0 Å². The summed E-state index contributed by atoms with van der Waals surface area (Å²) in [6.07, 6.45) is 1.71. The minimum atomic E-state index is 0.582. The molecule has 1 saturated carbocycles. The molecule has 2 nitrogen and oxygen atoms in total. The highest BCUT2D eigenvalue weighted by Crippen LogP contribution is 2.39. The van der Waals surface area contributed by atoms with E-state index >= 15 is 0 Å². The van der Waals surface area contributed by atoms with Crippen molar-refractivity contribution in [3.05, 3.63) is 6.04 Å². The minimum absolute atomic E-state index is 0.582. The smallest absolute Gasteiger partial charge is 0.0630 e. The predicted octanol–water partition coefficient (Wildman–Crippen LogP) is 0.896. The summed E-state index contributed by atoms with van der Waals surface area (Å²) in [6, 6.07) is 3.19. The Balaban J connectivity index is 1.90. The first kappa shape index (κ1) is 6.91. The van der Waals surface area contributed by atoms with Crippen molar-refractivity contribution in [2.45, 2.75) is 18.1 Å². The van der Waals surface area contributed by atoms with Crippen LogP contribution >= 0.6 is 11.8 Å². The van der Waals surface area contributed by atoms with Crippen molar-refractivity contribution in [2.75, 3.05) is 5.75 Å². The summed E-state index contributed by atoms with van der Waals surface area (Å²) in [5.41, 5.74) is 5.46. The monoisotopic (exact) mass is 141 g/mol. The molecular formula is C6H9N2S. The minimum Gasteiger partial charge on any atom is -0.323 e. The highest BCUT2D eigenvalue weighted by molar-refractivity contribution is 8.00. The number of nitrogens with zero attached hydrogens (tertiary/aromatic N) is 1. The van der Waals surface area contributed by atoms with Gasteiger partial charge in [-0.2, -0.15) is 17.0 Å². The third kappa shape index (κ3) is 2.25. The summed E-state index contributed by atoms with van der Waals surface area (Å²) < 4.78 is 0. The van der Waals surface area contributed by atoms with Crippen LogP contribution in [0.5, 0.6) is 0 Å². The Bertz CT molecular complexity index is 130. The fraction of sp³-hybridized carbons (Fsp3) is 0.667. The fourth-order valence-corrected chi connectivity index (χ4v) is 1.59. The summed E-state index contributed by atoms with van der Waals surface area (Å²) in [5, 5.41) is 8.75. The predicted molar refractivity (Wildman–Crippen MR) is 38.5 cm³/mol. The van der Waals surface area contributed by atoms with E-state index in [0.29, 0.717) is 11.7 Å². The van der Waals surface area contributed by atoms with Gasteiger partial charge in [0, 0.05) is 23.5 Å². The maximum Gasteiger partial charge on any atom is 0.0630 e. The lowest BCUT2D eigenvalue weighted by Gasteiger charge is -1.90. The third-order valence-electron chi connectivity index (χ3n) is 1.21. The van der Waals surface area contributed by atoms with Crippen molar-refractivity contribution >= 4 is 11.8 Å². The summed E-state index contributed by atoms with van der Waals surface area (Å²) in [4.78, 5) is 0. The van der Waals surface area contributed by atoms with Crippen LogP contribution in [0, 0.1) is 17.4 Å². The maximum absolute atomic E-state index is 8.16. The molecule has 1 fully saturated rings. The first-order valence-corrected chi connectivity index (χ1v) is 3.99. The summed E-state index contributed by atoms with van der Waals surface area (Å²) in [6.45, 7) is 0. The zero-order valence-electron chi connectivity index (χ0n) is 5.13. The number of nitrogens with two attached hydrogens (primary N) is 1. The van der Waals surface area contributed by atoms with Crippen molar-refractivity contribution in [1.82, 2.24) is 0 Å². The molecule has 1 rings (SSSR count). The molecule has 0 spiro atoms. The van der Waals surface area contributed by atoms with E-state index in [1.54, 1.807) is 11.8 Å². The number of hydrogen-bond acceptors (Lipinski definition) is 3. The van der Waals surface area contributed by atoms with Gasteiger partial charge in [0.1, 0.15) is 0 Å². The molecule has 49 valence electrons. The molecule has 2 N–H and O–H groups in total. The van der Waals surface area contributed by atoms with Crippen LogP contribution in [0.3, 0.4) is 0 Å². The molecule has 1 atom stereocenters. The average Bonchev–Trinajstić information content (AvgIpc) is 2.48. The zero-order valence-corrected chi connectivity index (χ0v) is 5.95. The lowest BCUT2D eigenvalue weighted by Crippen LogP contribution is -1.93. The van der Waals surface area contributed by atoms with Gasteiger partial charge in [-0.05, 0) is 6.42 Å². The van der Waals surface area contributed by atoms with E-state index in [4.69, 9.17) is 11.0 Å². The van der Waals surface area contributed by atoms with E-state index < -0.39 is 0 Å². The molecular weight excluding hydrogens is 132 g/mol. The van der Waals surface area contributed by atoms with Gasteiger partial charge in [-0.15, -0.1) is 0 Å². The van der Waals surface area contributed by atoms with Crippen molar-refractivity contribution in [1.29, 1.82) is 5.26 Å². The first-order chi connectivity index (χ1) is 4.34. The average molecular weight is 141 g/mol. The maximum atomic E-state index is 8.16. The van der Waals surface area contributed by atoms with Gasteiger partial charge in [0.05, 0.1) is 6.07 Å². The quantitative estimate of drug-likeness (QED) is 0.594. The highest BCUT2D eigenvalue weighted by Gasteiger charge is 2.34. The molecule has 1 unspecified atom stereocenters. The lowest BCUT2D eigenvalue weighted by molar-refractivity contribution is 1.23. The highest BCUT2D eigenvalue weighted by atomic mass is 32.2. The number of nitriles is 1. The second kappa shape index (κ2) is 3.09. The van der Waals surface area contributed by atoms with Gasteiger partial charge < -0.3 is 5.73 Å². The molecule has 0 aromatic rings. The molecule has 9 heavy (non-hydrogen) atoms. The molecule has 1 aliphatic carbocycles. The fourth-order valence-electron chi connectivity index (χ4n) is 0.568. The molecule has 1 aliphatic rings. The second-order valence-corrected chi connectivity index (χ2v) is 3.36. The zero-order chi connectivity index (χ0) is 6.69. The molecule has 0 heterocycles. The van der Waals surface area contributed by atoms with Crippen LogP contribution in [0.15, 0.2) is 0 Å². The Kier molecular flexibility index (Phi) is 2.38. The van der Waals surface area contributed by atoms with E-state index in [-0.39, 0.29) is 0 Å². The SMILES string of the molecule is N#CCCSC1C[C]1N. The van der Waals surface area contributed by atoms with Crippen LogP contribution in [-0.2, 0) is 0 Å². The molecule has 0 saturated heterocycles. The van der Waals surface area contributed by atoms with Gasteiger partial charge in [0.15, 0.2) is 0 Å². The van der Waals surface area contributed by atoms with Gasteiger partial charge in [0.2, 0.25) is 0 Å². The largest absolute Gasteiger partial charge is 0.323 e. The lowest BCUT2D eigenvalue weighted by atomic mass is 10.6. The Morgan fingerprint density at radius 1 is 1.89 bits per heavy atom. The Morgan fingerprint density at radius 2 is 2.56 bits per heavy atom. The van der Waals surface area contributed by atoms with E-state index in [1.165, 1.54) is 0 Å². The molecule has 0 aliphatic heterocycles. The van der Waals surface area contributed by atoms with E-state index in [1.807, 2.05) is 0 Å². The van der Waals surface area contributed by atoms with Gasteiger partial charge in [-0.1, -0.05) is 0 Å².